The maximum absolute atomic E-state index is 12.5. The standard InChI is InChI=1S/C18H18N4OS/c1-18(2,17(23)20-13-8-4-3-5-9-13)24-16-12-15(21-22-16)14-10-6-7-11-19-14/h3-11H,12H2,1-2H3,(H,20,23). The minimum atomic E-state index is -0.649. The second-order valence-electron chi connectivity index (χ2n) is 5.86. The first-order valence-electron chi connectivity index (χ1n) is 7.65. The fourth-order valence-electron chi connectivity index (χ4n) is 2.21. The van der Waals surface area contributed by atoms with Crippen LogP contribution in [-0.4, -0.2) is 26.4 Å². The summed E-state index contributed by atoms with van der Waals surface area (Å²) in [6.07, 6.45) is 2.34. The molecule has 2 aromatic rings. The first-order valence-corrected chi connectivity index (χ1v) is 8.46. The number of hydrogen-bond acceptors (Lipinski definition) is 5. The van der Waals surface area contributed by atoms with Crippen molar-refractivity contribution in [3.05, 3.63) is 60.4 Å². The van der Waals surface area contributed by atoms with Crippen LogP contribution in [0.1, 0.15) is 26.0 Å². The Kier molecular flexibility index (Phi) is 4.76. The number of para-hydroxylation sites is 1. The molecular formula is C18H18N4OS. The third kappa shape index (κ3) is 3.89. The quantitative estimate of drug-likeness (QED) is 0.923. The molecule has 0 spiro atoms. The topological polar surface area (TPSA) is 66.7 Å². The molecule has 0 saturated carbocycles. The minimum absolute atomic E-state index is 0.0623. The van der Waals surface area contributed by atoms with E-state index >= 15 is 0 Å². The predicted molar refractivity (Wildman–Crippen MR) is 99.6 cm³/mol. The van der Waals surface area contributed by atoms with Crippen molar-refractivity contribution in [3.63, 3.8) is 0 Å². The van der Waals surface area contributed by atoms with E-state index in [1.54, 1.807) is 6.20 Å². The van der Waals surface area contributed by atoms with Gasteiger partial charge in [0.15, 0.2) is 0 Å². The van der Waals surface area contributed by atoms with E-state index in [4.69, 9.17) is 0 Å². The Bertz CT molecular complexity index is 785. The van der Waals surface area contributed by atoms with E-state index in [-0.39, 0.29) is 5.91 Å². The zero-order chi connectivity index (χ0) is 17.0. The molecule has 6 heteroatoms. The molecule has 0 fully saturated rings. The van der Waals surface area contributed by atoms with Gasteiger partial charge in [-0.05, 0) is 38.1 Å². The normalized spacial score (nSPS) is 14.1. The Morgan fingerprint density at radius 2 is 1.83 bits per heavy atom. The van der Waals surface area contributed by atoms with Crippen LogP contribution in [0.5, 0.6) is 0 Å². The van der Waals surface area contributed by atoms with Crippen molar-refractivity contribution in [1.29, 1.82) is 0 Å². The number of hydrogen-bond donors (Lipinski definition) is 1. The number of nitrogens with one attached hydrogen (secondary N) is 1. The van der Waals surface area contributed by atoms with Crippen molar-refractivity contribution in [1.82, 2.24) is 4.98 Å². The maximum atomic E-state index is 12.5. The van der Waals surface area contributed by atoms with Gasteiger partial charge in [-0.15, -0.1) is 5.10 Å². The summed E-state index contributed by atoms with van der Waals surface area (Å²) < 4.78 is -0.649. The summed E-state index contributed by atoms with van der Waals surface area (Å²) in [5.74, 6) is -0.0623. The Morgan fingerprint density at radius 3 is 2.54 bits per heavy atom. The number of benzene rings is 1. The molecule has 0 bridgehead atoms. The van der Waals surface area contributed by atoms with Crippen molar-refractivity contribution in [2.45, 2.75) is 25.0 Å². The third-order valence-corrected chi connectivity index (χ3v) is 4.67. The average Bonchev–Trinajstić information content (AvgIpc) is 3.04. The van der Waals surface area contributed by atoms with Crippen LogP contribution in [0, 0.1) is 0 Å². The average molecular weight is 338 g/mol. The van der Waals surface area contributed by atoms with Crippen LogP contribution >= 0.6 is 11.8 Å². The maximum Gasteiger partial charge on any atom is 0.240 e. The van der Waals surface area contributed by atoms with E-state index in [1.165, 1.54) is 11.8 Å². The van der Waals surface area contributed by atoms with E-state index < -0.39 is 4.75 Å². The van der Waals surface area contributed by atoms with Gasteiger partial charge in [0, 0.05) is 18.3 Å². The molecule has 24 heavy (non-hydrogen) atoms. The number of pyridine rings is 1. The van der Waals surface area contributed by atoms with E-state index in [9.17, 15) is 4.79 Å². The highest BCUT2D eigenvalue weighted by Crippen LogP contribution is 2.31. The summed E-state index contributed by atoms with van der Waals surface area (Å²) in [5, 5.41) is 12.2. The molecule has 1 aliphatic heterocycles. The van der Waals surface area contributed by atoms with Crippen molar-refractivity contribution in [2.75, 3.05) is 5.32 Å². The molecule has 5 nitrogen and oxygen atoms in total. The summed E-state index contributed by atoms with van der Waals surface area (Å²) >= 11 is 1.43. The molecule has 3 rings (SSSR count). The second kappa shape index (κ2) is 6.97. The smallest absolute Gasteiger partial charge is 0.240 e. The lowest BCUT2D eigenvalue weighted by Crippen LogP contribution is -2.35. The zero-order valence-electron chi connectivity index (χ0n) is 13.6. The highest BCUT2D eigenvalue weighted by molar-refractivity contribution is 8.15. The molecule has 1 aromatic heterocycles. The van der Waals surface area contributed by atoms with Crippen molar-refractivity contribution >= 4 is 34.1 Å². The van der Waals surface area contributed by atoms with E-state index in [0.717, 1.165) is 22.1 Å². The van der Waals surface area contributed by atoms with Gasteiger partial charge in [-0.25, -0.2) is 0 Å². The van der Waals surface area contributed by atoms with Crippen LogP contribution in [0.25, 0.3) is 0 Å². The van der Waals surface area contributed by atoms with Gasteiger partial charge in [0.05, 0.1) is 16.2 Å². The highest BCUT2D eigenvalue weighted by Gasteiger charge is 2.32. The Morgan fingerprint density at radius 1 is 1.08 bits per heavy atom. The zero-order valence-corrected chi connectivity index (χ0v) is 14.4. The Labute approximate surface area is 145 Å². The first kappa shape index (κ1) is 16.4. The van der Waals surface area contributed by atoms with Gasteiger partial charge in [-0.2, -0.15) is 5.10 Å². The number of aromatic nitrogens is 1. The molecule has 0 unspecified atom stereocenters. The molecule has 0 radical (unpaired) electrons. The van der Waals surface area contributed by atoms with Crippen LogP contribution in [-0.2, 0) is 4.79 Å². The molecule has 0 saturated heterocycles. The second-order valence-corrected chi connectivity index (χ2v) is 7.56. The third-order valence-electron chi connectivity index (χ3n) is 3.51. The summed E-state index contributed by atoms with van der Waals surface area (Å²) in [5.41, 5.74) is 2.44. The molecule has 1 aromatic carbocycles. The van der Waals surface area contributed by atoms with Gasteiger partial charge in [0.25, 0.3) is 0 Å². The van der Waals surface area contributed by atoms with Crippen molar-refractivity contribution in [2.24, 2.45) is 10.2 Å². The number of amides is 1. The first-order chi connectivity index (χ1) is 11.5. The molecule has 1 amide bonds. The lowest BCUT2D eigenvalue weighted by molar-refractivity contribution is -0.117. The lowest BCUT2D eigenvalue weighted by Gasteiger charge is -2.22. The SMILES string of the molecule is CC(C)(SC1=NN=C(c2ccccn2)C1)C(=O)Nc1ccccc1. The highest BCUT2D eigenvalue weighted by atomic mass is 32.2. The fourth-order valence-corrected chi connectivity index (χ4v) is 3.23. The Balaban J connectivity index is 1.60. The number of carbonyl (C=O) groups is 1. The fraction of sp³-hybridized carbons (Fsp3) is 0.222. The molecule has 122 valence electrons. The van der Waals surface area contributed by atoms with Gasteiger partial charge in [0.1, 0.15) is 5.04 Å². The van der Waals surface area contributed by atoms with Crippen LogP contribution < -0.4 is 5.32 Å². The van der Waals surface area contributed by atoms with Gasteiger partial charge >= 0.3 is 0 Å². The number of anilines is 1. The van der Waals surface area contributed by atoms with Gasteiger partial charge in [-0.1, -0.05) is 36.0 Å². The van der Waals surface area contributed by atoms with Crippen LogP contribution in [0.15, 0.2) is 64.9 Å². The van der Waals surface area contributed by atoms with Crippen LogP contribution in [0.3, 0.4) is 0 Å². The summed E-state index contributed by atoms with van der Waals surface area (Å²) in [6.45, 7) is 3.77. The van der Waals surface area contributed by atoms with Crippen molar-refractivity contribution < 1.29 is 4.79 Å². The van der Waals surface area contributed by atoms with E-state index in [1.807, 2.05) is 62.4 Å². The number of carbonyl (C=O) groups excluding carboxylic acids is 1. The predicted octanol–water partition coefficient (Wildman–Crippen LogP) is 3.74. The van der Waals surface area contributed by atoms with Gasteiger partial charge in [0.2, 0.25) is 5.91 Å². The van der Waals surface area contributed by atoms with Gasteiger partial charge < -0.3 is 5.32 Å². The summed E-state index contributed by atoms with van der Waals surface area (Å²) in [4.78, 5) is 16.8. The number of rotatable bonds is 4. The summed E-state index contributed by atoms with van der Waals surface area (Å²) in [6, 6.07) is 15.1. The van der Waals surface area contributed by atoms with Crippen LogP contribution in [0.4, 0.5) is 5.69 Å². The molecule has 1 aliphatic rings. The van der Waals surface area contributed by atoms with E-state index in [0.29, 0.717) is 6.42 Å². The molecular weight excluding hydrogens is 320 g/mol. The summed E-state index contributed by atoms with van der Waals surface area (Å²) in [7, 11) is 0. The monoisotopic (exact) mass is 338 g/mol. The number of nitrogens with zero attached hydrogens (tertiary/aromatic N) is 3. The van der Waals surface area contributed by atoms with Crippen molar-refractivity contribution in [3.8, 4) is 0 Å². The van der Waals surface area contributed by atoms with Gasteiger partial charge in [-0.3, -0.25) is 9.78 Å². The molecule has 2 heterocycles. The number of thioether (sulfide) groups is 1. The van der Waals surface area contributed by atoms with Crippen LogP contribution in [0.2, 0.25) is 0 Å². The largest absolute Gasteiger partial charge is 0.325 e. The lowest BCUT2D eigenvalue weighted by atomic mass is 10.2. The molecule has 1 N–H and O–H groups in total. The molecule has 0 atom stereocenters. The van der Waals surface area contributed by atoms with E-state index in [2.05, 4.69) is 20.5 Å². The molecule has 0 aliphatic carbocycles. The Hall–Kier alpha value is -2.47. The minimum Gasteiger partial charge on any atom is -0.325 e.